The van der Waals surface area contributed by atoms with Crippen molar-refractivity contribution in [2.45, 2.75) is 38.8 Å². The van der Waals surface area contributed by atoms with Gasteiger partial charge < -0.3 is 15.5 Å². The van der Waals surface area contributed by atoms with E-state index in [4.69, 9.17) is 5.73 Å². The molecule has 1 atom stereocenters. The minimum absolute atomic E-state index is 0.118. The van der Waals surface area contributed by atoms with Gasteiger partial charge in [0.2, 0.25) is 0 Å². The topological polar surface area (TPSA) is 32.5 Å². The third-order valence-electron chi connectivity index (χ3n) is 4.38. The van der Waals surface area contributed by atoms with Crippen molar-refractivity contribution in [3.05, 3.63) is 29.8 Å². The number of benzene rings is 1. The van der Waals surface area contributed by atoms with Gasteiger partial charge in [0.15, 0.2) is 0 Å². The van der Waals surface area contributed by atoms with Crippen molar-refractivity contribution in [3.63, 3.8) is 0 Å². The first-order valence-corrected chi connectivity index (χ1v) is 7.42. The Hall–Kier alpha value is -1.06. The summed E-state index contributed by atoms with van der Waals surface area (Å²) in [5.41, 5.74) is 8.41. The van der Waals surface area contributed by atoms with Gasteiger partial charge >= 0.3 is 0 Å². The Labute approximate surface area is 117 Å². The average Bonchev–Trinajstić information content (AvgIpc) is 2.46. The number of rotatable bonds is 4. The van der Waals surface area contributed by atoms with E-state index in [0.29, 0.717) is 6.04 Å². The first kappa shape index (κ1) is 14.4. The molecule has 1 heterocycles. The number of nitrogens with zero attached hydrogens (tertiary/aromatic N) is 2. The molecule has 0 spiro atoms. The molecule has 1 unspecified atom stereocenters. The smallest absolute Gasteiger partial charge is 0.0366 e. The Bertz CT molecular complexity index is 377. The number of anilines is 1. The zero-order chi connectivity index (χ0) is 13.8. The van der Waals surface area contributed by atoms with Crippen molar-refractivity contribution in [1.82, 2.24) is 4.90 Å². The van der Waals surface area contributed by atoms with Crippen molar-refractivity contribution in [2.24, 2.45) is 5.73 Å². The van der Waals surface area contributed by atoms with Gasteiger partial charge in [-0.2, -0.15) is 0 Å². The molecule has 19 heavy (non-hydrogen) atoms. The van der Waals surface area contributed by atoms with E-state index in [9.17, 15) is 0 Å². The summed E-state index contributed by atoms with van der Waals surface area (Å²) >= 11 is 0. The number of likely N-dealkylation sites (tertiary alicyclic amines) is 1. The lowest BCUT2D eigenvalue weighted by Gasteiger charge is -2.37. The van der Waals surface area contributed by atoms with Crippen LogP contribution < -0.4 is 10.6 Å². The minimum Gasteiger partial charge on any atom is -0.372 e. The second-order valence-corrected chi connectivity index (χ2v) is 5.66. The van der Waals surface area contributed by atoms with Crippen LogP contribution in [0.4, 0.5) is 5.69 Å². The van der Waals surface area contributed by atoms with Gasteiger partial charge in [-0.05, 0) is 44.0 Å². The molecule has 2 N–H and O–H groups in total. The fraction of sp³-hybridized carbons (Fsp3) is 0.625. The van der Waals surface area contributed by atoms with Crippen molar-refractivity contribution in [1.29, 1.82) is 0 Å². The predicted octanol–water partition coefficient (Wildman–Crippen LogP) is 2.63. The molecule has 0 aliphatic carbocycles. The lowest BCUT2D eigenvalue weighted by molar-refractivity contribution is 0.221. The Balaban J connectivity index is 1.97. The van der Waals surface area contributed by atoms with Crippen LogP contribution in [0.1, 0.15) is 38.3 Å². The van der Waals surface area contributed by atoms with Crippen LogP contribution in [0.25, 0.3) is 0 Å². The van der Waals surface area contributed by atoms with E-state index in [1.165, 1.54) is 43.7 Å². The molecule has 0 bridgehead atoms. The zero-order valence-electron chi connectivity index (χ0n) is 12.5. The molecule has 0 amide bonds. The third kappa shape index (κ3) is 3.48. The SMILES string of the molecule is CCN1CCC(N(C)c2ccc(C(C)N)cc2)CC1. The standard InChI is InChI=1S/C16H27N3/c1-4-19-11-9-16(10-12-19)18(3)15-7-5-14(6-8-15)13(2)17/h5-8,13,16H,4,9-12,17H2,1-3H3. The Morgan fingerprint density at radius 2 is 1.84 bits per heavy atom. The van der Waals surface area contributed by atoms with Crippen LogP contribution in [-0.4, -0.2) is 37.6 Å². The second-order valence-electron chi connectivity index (χ2n) is 5.66. The molecule has 3 nitrogen and oxygen atoms in total. The van der Waals surface area contributed by atoms with Crippen molar-refractivity contribution in [2.75, 3.05) is 31.6 Å². The largest absolute Gasteiger partial charge is 0.372 e. The summed E-state index contributed by atoms with van der Waals surface area (Å²) in [6.07, 6.45) is 2.53. The van der Waals surface area contributed by atoms with Crippen LogP contribution in [0, 0.1) is 0 Å². The van der Waals surface area contributed by atoms with Crippen LogP contribution in [0.15, 0.2) is 24.3 Å². The van der Waals surface area contributed by atoms with Crippen LogP contribution in [0.3, 0.4) is 0 Å². The zero-order valence-corrected chi connectivity index (χ0v) is 12.5. The van der Waals surface area contributed by atoms with E-state index in [1.807, 2.05) is 6.92 Å². The Kier molecular flexibility index (Phi) is 4.83. The average molecular weight is 261 g/mol. The Morgan fingerprint density at radius 1 is 1.26 bits per heavy atom. The molecule has 1 aliphatic rings. The summed E-state index contributed by atoms with van der Waals surface area (Å²) in [7, 11) is 2.22. The third-order valence-corrected chi connectivity index (χ3v) is 4.38. The fourth-order valence-electron chi connectivity index (χ4n) is 2.85. The van der Waals surface area contributed by atoms with Gasteiger partial charge in [-0.3, -0.25) is 0 Å². The van der Waals surface area contributed by atoms with E-state index in [0.717, 1.165) is 0 Å². The van der Waals surface area contributed by atoms with Gasteiger partial charge in [-0.25, -0.2) is 0 Å². The summed E-state index contributed by atoms with van der Waals surface area (Å²) in [5, 5.41) is 0. The summed E-state index contributed by atoms with van der Waals surface area (Å²) in [5.74, 6) is 0. The molecule has 1 fully saturated rings. The molecule has 106 valence electrons. The summed E-state index contributed by atoms with van der Waals surface area (Å²) in [6, 6.07) is 9.49. The lowest BCUT2D eigenvalue weighted by atomic mass is 10.0. The summed E-state index contributed by atoms with van der Waals surface area (Å²) in [4.78, 5) is 4.96. The molecule has 0 aromatic heterocycles. The molecule has 1 saturated heterocycles. The first-order valence-electron chi connectivity index (χ1n) is 7.42. The van der Waals surface area contributed by atoms with Crippen LogP contribution >= 0.6 is 0 Å². The highest BCUT2D eigenvalue weighted by Gasteiger charge is 2.21. The van der Waals surface area contributed by atoms with E-state index in [-0.39, 0.29) is 6.04 Å². The molecule has 0 radical (unpaired) electrons. The van der Waals surface area contributed by atoms with Gasteiger partial charge in [0.25, 0.3) is 0 Å². The molecule has 3 heteroatoms. The highest BCUT2D eigenvalue weighted by Crippen LogP contribution is 2.23. The normalized spacial score (nSPS) is 19.4. The highest BCUT2D eigenvalue weighted by atomic mass is 15.2. The number of piperidine rings is 1. The van der Waals surface area contributed by atoms with Crippen molar-refractivity contribution >= 4 is 5.69 Å². The summed E-state index contributed by atoms with van der Waals surface area (Å²) in [6.45, 7) is 7.91. The van der Waals surface area contributed by atoms with Gasteiger partial charge in [0.05, 0.1) is 0 Å². The fourth-order valence-corrected chi connectivity index (χ4v) is 2.85. The van der Waals surface area contributed by atoms with Gasteiger partial charge in [0, 0.05) is 37.9 Å². The summed E-state index contributed by atoms with van der Waals surface area (Å²) < 4.78 is 0. The van der Waals surface area contributed by atoms with Gasteiger partial charge in [-0.15, -0.1) is 0 Å². The van der Waals surface area contributed by atoms with E-state index in [2.05, 4.69) is 48.0 Å². The molecule has 0 saturated carbocycles. The maximum Gasteiger partial charge on any atom is 0.0366 e. The number of nitrogens with two attached hydrogens (primary N) is 1. The minimum atomic E-state index is 0.118. The maximum atomic E-state index is 5.89. The predicted molar refractivity (Wildman–Crippen MR) is 82.6 cm³/mol. The number of hydrogen-bond donors (Lipinski definition) is 1. The van der Waals surface area contributed by atoms with Crippen LogP contribution in [-0.2, 0) is 0 Å². The van der Waals surface area contributed by atoms with Crippen molar-refractivity contribution < 1.29 is 0 Å². The Morgan fingerprint density at radius 3 is 2.32 bits per heavy atom. The molecule has 2 rings (SSSR count). The molecule has 1 aliphatic heterocycles. The highest BCUT2D eigenvalue weighted by molar-refractivity contribution is 5.48. The second kappa shape index (κ2) is 6.40. The molecule has 1 aromatic carbocycles. The number of hydrogen-bond acceptors (Lipinski definition) is 3. The maximum absolute atomic E-state index is 5.89. The molecular weight excluding hydrogens is 234 g/mol. The lowest BCUT2D eigenvalue weighted by Crippen LogP contribution is -2.43. The molecule has 1 aromatic rings. The van der Waals surface area contributed by atoms with Gasteiger partial charge in [0.1, 0.15) is 0 Å². The van der Waals surface area contributed by atoms with Crippen molar-refractivity contribution in [3.8, 4) is 0 Å². The van der Waals surface area contributed by atoms with E-state index < -0.39 is 0 Å². The monoisotopic (exact) mass is 261 g/mol. The van der Waals surface area contributed by atoms with Gasteiger partial charge in [-0.1, -0.05) is 19.1 Å². The van der Waals surface area contributed by atoms with Crippen LogP contribution in [0.2, 0.25) is 0 Å². The van der Waals surface area contributed by atoms with Crippen LogP contribution in [0.5, 0.6) is 0 Å². The first-order chi connectivity index (χ1) is 9.11. The molecular formula is C16H27N3. The quantitative estimate of drug-likeness (QED) is 0.904. The van der Waals surface area contributed by atoms with E-state index in [1.54, 1.807) is 0 Å². The van der Waals surface area contributed by atoms with E-state index >= 15 is 0 Å².